The van der Waals surface area contributed by atoms with Gasteiger partial charge >= 0.3 is 29.9 Å². The lowest BCUT2D eigenvalue weighted by Crippen LogP contribution is -2.62. The SMILES string of the molecule is CC(=O)Nc1cc(OCC(F)(F)C(F)(F)C(F)(F)C(F)(F)F)nn1-c1cc(C(=O)O)c(C)cc1F. The fourth-order valence-electron chi connectivity index (χ4n) is 2.60. The lowest BCUT2D eigenvalue weighted by molar-refractivity contribution is -0.398. The predicted molar refractivity (Wildman–Crippen MR) is 95.9 cm³/mol. The highest BCUT2D eigenvalue weighted by molar-refractivity contribution is 5.90. The number of carbonyl (C=O) groups excluding carboxylic acids is 1. The van der Waals surface area contributed by atoms with Crippen molar-refractivity contribution in [2.24, 2.45) is 0 Å². The number of benzene rings is 1. The summed E-state index contributed by atoms with van der Waals surface area (Å²) in [5.41, 5.74) is -1.23. The van der Waals surface area contributed by atoms with Gasteiger partial charge in [-0.3, -0.25) is 4.79 Å². The zero-order chi connectivity index (χ0) is 27.1. The number of carboxylic acid groups (broad SMARTS) is 1. The van der Waals surface area contributed by atoms with Crippen molar-refractivity contribution in [2.75, 3.05) is 11.9 Å². The van der Waals surface area contributed by atoms with Gasteiger partial charge < -0.3 is 15.2 Å². The lowest BCUT2D eigenvalue weighted by atomic mass is 10.0. The highest BCUT2D eigenvalue weighted by Gasteiger charge is 2.81. The molecule has 2 rings (SSSR count). The molecule has 0 radical (unpaired) electrons. The first-order valence-electron chi connectivity index (χ1n) is 8.97. The van der Waals surface area contributed by atoms with Crippen molar-refractivity contribution in [1.82, 2.24) is 9.78 Å². The molecule has 0 fully saturated rings. The number of aryl methyl sites for hydroxylation is 1. The molecule has 7 nitrogen and oxygen atoms in total. The third-order valence-corrected chi connectivity index (χ3v) is 4.35. The number of carbonyl (C=O) groups is 2. The molecule has 0 bridgehead atoms. The summed E-state index contributed by atoms with van der Waals surface area (Å²) < 4.78 is 136. The fourth-order valence-corrected chi connectivity index (χ4v) is 2.60. The van der Waals surface area contributed by atoms with Gasteiger partial charge in [0.25, 0.3) is 0 Å². The Balaban J connectivity index is 2.47. The minimum Gasteiger partial charge on any atom is -0.478 e. The molecule has 0 saturated carbocycles. The highest BCUT2D eigenvalue weighted by Crippen LogP contribution is 2.53. The van der Waals surface area contributed by atoms with Crippen LogP contribution in [-0.2, 0) is 4.79 Å². The van der Waals surface area contributed by atoms with Crippen molar-refractivity contribution in [3.8, 4) is 11.6 Å². The summed E-state index contributed by atoms with van der Waals surface area (Å²) in [4.78, 5) is 22.7. The molecule has 0 aliphatic rings. The molecule has 17 heteroatoms. The van der Waals surface area contributed by atoms with Crippen LogP contribution < -0.4 is 10.1 Å². The van der Waals surface area contributed by atoms with Crippen LogP contribution in [0.25, 0.3) is 5.69 Å². The van der Waals surface area contributed by atoms with Gasteiger partial charge in [0.15, 0.2) is 6.61 Å². The fraction of sp³-hybridized carbons (Fsp3) is 0.389. The molecule has 1 aromatic heterocycles. The first-order chi connectivity index (χ1) is 15.7. The van der Waals surface area contributed by atoms with Gasteiger partial charge in [0.2, 0.25) is 11.8 Å². The number of nitrogens with zero attached hydrogens (tertiary/aromatic N) is 2. The topological polar surface area (TPSA) is 93.5 Å². The Bertz CT molecular complexity index is 1140. The summed E-state index contributed by atoms with van der Waals surface area (Å²) in [5.74, 6) is -25.4. The van der Waals surface area contributed by atoms with Crippen molar-refractivity contribution < 1.29 is 63.3 Å². The molecule has 194 valence electrons. The average molecular weight is 525 g/mol. The van der Waals surface area contributed by atoms with Crippen LogP contribution in [0.5, 0.6) is 5.88 Å². The molecule has 0 aliphatic carbocycles. The van der Waals surface area contributed by atoms with Crippen LogP contribution in [0.3, 0.4) is 0 Å². The molecule has 2 N–H and O–H groups in total. The normalized spacial score (nSPS) is 13.0. The highest BCUT2D eigenvalue weighted by atomic mass is 19.4. The van der Waals surface area contributed by atoms with Crippen molar-refractivity contribution >= 4 is 17.7 Å². The van der Waals surface area contributed by atoms with E-state index >= 15 is 0 Å². The Morgan fingerprint density at radius 1 is 1.03 bits per heavy atom. The Kier molecular flexibility index (Phi) is 7.06. The predicted octanol–water partition coefficient (Wildman–Crippen LogP) is 4.82. The lowest BCUT2D eigenvalue weighted by Gasteiger charge is -2.33. The number of aromatic carboxylic acids is 1. The molecule has 1 heterocycles. The van der Waals surface area contributed by atoms with Crippen molar-refractivity contribution in [2.45, 2.75) is 37.8 Å². The maximum atomic E-state index is 14.5. The van der Waals surface area contributed by atoms with E-state index in [0.717, 1.165) is 13.0 Å². The van der Waals surface area contributed by atoms with Crippen LogP contribution in [0.15, 0.2) is 18.2 Å². The number of alkyl halides is 9. The third-order valence-electron chi connectivity index (χ3n) is 4.35. The van der Waals surface area contributed by atoms with Crippen LogP contribution in [-0.4, -0.2) is 57.3 Å². The van der Waals surface area contributed by atoms with Gasteiger partial charge in [-0.2, -0.15) is 39.5 Å². The number of anilines is 1. The number of nitrogens with one attached hydrogen (secondary N) is 1. The first-order valence-corrected chi connectivity index (χ1v) is 8.97. The van der Waals surface area contributed by atoms with E-state index in [2.05, 4.69) is 9.84 Å². The van der Waals surface area contributed by atoms with Gasteiger partial charge in [-0.25, -0.2) is 13.9 Å². The smallest absolute Gasteiger partial charge is 0.460 e. The van der Waals surface area contributed by atoms with Gasteiger partial charge in [0.05, 0.1) is 5.56 Å². The second-order valence-corrected chi connectivity index (χ2v) is 7.02. The van der Waals surface area contributed by atoms with Crippen LogP contribution >= 0.6 is 0 Å². The first kappa shape index (κ1) is 27.7. The number of hydrogen-bond donors (Lipinski definition) is 2. The molecule has 1 aromatic carbocycles. The molecule has 0 saturated heterocycles. The zero-order valence-electron chi connectivity index (χ0n) is 17.3. The molecule has 0 atom stereocenters. The molecular weight excluding hydrogens is 512 g/mol. The minimum atomic E-state index is -7.13. The minimum absolute atomic E-state index is 0.0593. The summed E-state index contributed by atoms with van der Waals surface area (Å²) in [6.45, 7) is -0.597. The summed E-state index contributed by atoms with van der Waals surface area (Å²) in [6, 6.07) is 1.96. The summed E-state index contributed by atoms with van der Waals surface area (Å²) in [5, 5.41) is 14.6. The number of amides is 1. The van der Waals surface area contributed by atoms with E-state index in [4.69, 9.17) is 0 Å². The zero-order valence-corrected chi connectivity index (χ0v) is 17.3. The number of hydrogen-bond acceptors (Lipinski definition) is 4. The number of rotatable bonds is 8. The number of aromatic nitrogens is 2. The third kappa shape index (κ3) is 5.12. The van der Waals surface area contributed by atoms with Gasteiger partial charge in [-0.15, -0.1) is 5.10 Å². The Morgan fingerprint density at radius 3 is 2.09 bits per heavy atom. The molecule has 0 aliphatic heterocycles. The Labute approximate surface area is 188 Å². The van der Waals surface area contributed by atoms with E-state index in [1.807, 2.05) is 5.32 Å². The largest absolute Gasteiger partial charge is 0.478 e. The van der Waals surface area contributed by atoms with Crippen molar-refractivity contribution in [3.05, 3.63) is 35.1 Å². The summed E-state index contributed by atoms with van der Waals surface area (Å²) in [6.07, 6.45) is -7.02. The van der Waals surface area contributed by atoms with Crippen molar-refractivity contribution in [3.63, 3.8) is 0 Å². The molecule has 35 heavy (non-hydrogen) atoms. The Hall–Kier alpha value is -3.53. The standard InChI is InChI=1S/C18H13F10N3O4/c1-7-3-10(19)11(4-9(7)14(33)34)31-12(29-8(2)32)5-13(30-31)35-6-15(20,21)16(22,23)17(24,25)18(26,27)28/h3-5H,6H2,1-2H3,(H,29,32)(H,33,34). The number of carboxylic acids is 1. The van der Waals surface area contributed by atoms with Crippen LogP contribution in [0.4, 0.5) is 49.7 Å². The van der Waals surface area contributed by atoms with E-state index in [1.54, 1.807) is 0 Å². The molecule has 0 unspecified atom stereocenters. The van der Waals surface area contributed by atoms with Crippen LogP contribution in [0, 0.1) is 12.7 Å². The van der Waals surface area contributed by atoms with Crippen LogP contribution in [0.2, 0.25) is 0 Å². The molecular formula is C18H13F10N3O4. The van der Waals surface area contributed by atoms with E-state index in [0.29, 0.717) is 16.8 Å². The van der Waals surface area contributed by atoms with Crippen molar-refractivity contribution in [1.29, 1.82) is 0 Å². The van der Waals surface area contributed by atoms with E-state index in [1.165, 1.54) is 6.92 Å². The molecule has 2 aromatic rings. The maximum Gasteiger partial charge on any atom is 0.460 e. The summed E-state index contributed by atoms with van der Waals surface area (Å²) >= 11 is 0. The maximum absolute atomic E-state index is 14.5. The van der Waals surface area contributed by atoms with Gasteiger partial charge in [-0.05, 0) is 24.6 Å². The quantitative estimate of drug-likeness (QED) is 0.482. The van der Waals surface area contributed by atoms with E-state index in [-0.39, 0.29) is 5.56 Å². The average Bonchev–Trinajstić information content (AvgIpc) is 3.06. The van der Waals surface area contributed by atoms with E-state index in [9.17, 15) is 58.6 Å². The number of halogens is 10. The van der Waals surface area contributed by atoms with Gasteiger partial charge in [0, 0.05) is 13.0 Å². The molecule has 1 amide bonds. The van der Waals surface area contributed by atoms with E-state index < -0.39 is 71.2 Å². The second kappa shape index (κ2) is 8.92. The monoisotopic (exact) mass is 525 g/mol. The Morgan fingerprint density at radius 2 is 1.60 bits per heavy atom. The number of ether oxygens (including phenoxy) is 1. The van der Waals surface area contributed by atoms with Gasteiger partial charge in [-0.1, -0.05) is 0 Å². The second-order valence-electron chi connectivity index (χ2n) is 7.02. The molecule has 0 spiro atoms. The van der Waals surface area contributed by atoms with Gasteiger partial charge in [0.1, 0.15) is 17.3 Å². The van der Waals surface area contributed by atoms with Crippen LogP contribution in [0.1, 0.15) is 22.8 Å². The summed E-state index contributed by atoms with van der Waals surface area (Å²) in [7, 11) is 0.